The lowest BCUT2D eigenvalue weighted by Crippen LogP contribution is -2.39. The number of benzene rings is 5. The van der Waals surface area contributed by atoms with Crippen LogP contribution in [0.4, 0.5) is 42.1 Å². The van der Waals surface area contributed by atoms with E-state index in [1.807, 2.05) is 67.1 Å². The van der Waals surface area contributed by atoms with Crippen molar-refractivity contribution in [1.29, 1.82) is 5.26 Å². The number of nitrogens with one attached hydrogen (secondary N) is 1. The molecule has 13 rings (SSSR count). The third-order valence-electron chi connectivity index (χ3n) is 21.5. The lowest BCUT2D eigenvalue weighted by Gasteiger charge is -2.38. The van der Waals surface area contributed by atoms with Crippen LogP contribution in [0.3, 0.4) is 0 Å². The van der Waals surface area contributed by atoms with E-state index >= 15 is 4.39 Å². The van der Waals surface area contributed by atoms with Crippen LogP contribution in [0.25, 0.3) is 22.4 Å². The van der Waals surface area contributed by atoms with Crippen molar-refractivity contribution in [2.75, 3.05) is 78.0 Å². The van der Waals surface area contributed by atoms with Gasteiger partial charge >= 0.3 is 30.1 Å². The van der Waals surface area contributed by atoms with Crippen molar-refractivity contribution in [2.24, 2.45) is 5.73 Å². The number of nitriles is 1. The number of nitrogens with zero attached hydrogens (tertiary/aromatic N) is 9. The molecule has 5 aromatic carbocycles. The van der Waals surface area contributed by atoms with E-state index in [4.69, 9.17) is 20.5 Å². The third-order valence-corrected chi connectivity index (χ3v) is 27.7. The number of ether oxygens (including phenoxy) is 2. The van der Waals surface area contributed by atoms with Gasteiger partial charge in [-0.15, -0.1) is 23.1 Å². The van der Waals surface area contributed by atoms with Crippen LogP contribution >= 0.6 is 35.1 Å². The Kier molecular flexibility index (Phi) is 38.8. The first-order valence-electron chi connectivity index (χ1n) is 43.2. The molecular weight excluding hydrogens is 1980 g/mol. The number of primary amides is 1. The molecule has 1 saturated carbocycles. The molecule has 0 spiro atoms. The quantitative estimate of drug-likeness (QED) is 0.00404. The van der Waals surface area contributed by atoms with Gasteiger partial charge in [0.1, 0.15) is 27.3 Å². The number of hydrazine groups is 1. The smallest absolute Gasteiger partial charge is 0.455 e. The molecule has 0 atom stereocenters. The van der Waals surface area contributed by atoms with Crippen LogP contribution in [0.5, 0.6) is 0 Å². The molecule has 3 N–H and O–H groups in total. The number of dihydropyridines is 1. The van der Waals surface area contributed by atoms with Gasteiger partial charge in [0.05, 0.1) is 76.5 Å². The van der Waals surface area contributed by atoms with E-state index in [1.54, 1.807) is 117 Å². The summed E-state index contributed by atoms with van der Waals surface area (Å²) in [5.74, 6) is -10.6. The number of hydrogen-bond acceptors (Lipinski definition) is 32. The first kappa shape index (κ1) is 112. The number of anilines is 1. The fourth-order valence-corrected chi connectivity index (χ4v) is 19.3. The first-order valence-corrected chi connectivity index (χ1v) is 51.4. The van der Waals surface area contributed by atoms with E-state index in [9.17, 15) is 105 Å². The second-order valence-electron chi connectivity index (χ2n) is 31.8. The monoisotopic (exact) mass is 2080 g/mol. The summed E-state index contributed by atoms with van der Waals surface area (Å²) >= 11 is 3.40. The maximum atomic E-state index is 15.5. The van der Waals surface area contributed by atoms with E-state index in [-0.39, 0.29) is 98.5 Å². The van der Waals surface area contributed by atoms with Crippen molar-refractivity contribution in [3.8, 4) is 6.07 Å². The Labute approximate surface area is 827 Å². The number of alkyl halides is 6. The average Bonchev–Trinajstić information content (AvgIpc) is 0.922. The Hall–Kier alpha value is -13.6. The number of amides is 1. The molecule has 6 heterocycles. The summed E-state index contributed by atoms with van der Waals surface area (Å²) in [6.07, 6.45) is 11.4. The van der Waals surface area contributed by atoms with Gasteiger partial charge < -0.3 is 40.4 Å². The molecule has 0 saturated heterocycles. The Morgan fingerprint density at radius 2 is 1.32 bits per heavy atom. The lowest BCUT2D eigenvalue weighted by molar-refractivity contribution is -0.427. The normalized spacial score (nSPS) is 16.9. The molecule has 0 bridgehead atoms. The maximum Gasteiger partial charge on any atom is 0.455 e. The molecule has 142 heavy (non-hydrogen) atoms. The number of nitro benzene ring substituents is 1. The minimum atomic E-state index is -5.27. The molecular formula is C97H98F7N11O21S6. The van der Waals surface area contributed by atoms with Gasteiger partial charge in [-0.25, -0.2) is 49.2 Å². The minimum Gasteiger partial charge on any atom is -0.462 e. The van der Waals surface area contributed by atoms with E-state index in [0.717, 1.165) is 83.3 Å². The number of thioether (sulfide) groups is 1. The number of allylic oxidation sites excluding steroid dienone is 17. The second-order valence-corrected chi connectivity index (χ2v) is 40.6. The highest BCUT2D eigenvalue weighted by Crippen LogP contribution is 2.47. The summed E-state index contributed by atoms with van der Waals surface area (Å²) < 4.78 is 181. The third kappa shape index (κ3) is 27.8. The number of thiophene rings is 1. The van der Waals surface area contributed by atoms with Crippen molar-refractivity contribution in [3.63, 3.8) is 0 Å². The number of para-hydroxylation sites is 2. The number of hydrogen-bond donors (Lipinski definition) is 2. The van der Waals surface area contributed by atoms with Crippen molar-refractivity contribution in [2.45, 2.75) is 104 Å². The van der Waals surface area contributed by atoms with Crippen LogP contribution in [0.1, 0.15) is 121 Å². The molecule has 7 aliphatic rings. The molecule has 1 aromatic heterocycles. The molecule has 0 radical (unpaired) electrons. The number of fused-ring (bicyclic) bond motifs is 3. The number of esters is 2. The Morgan fingerprint density at radius 1 is 0.690 bits per heavy atom. The maximum absolute atomic E-state index is 15.5. The fourth-order valence-electron chi connectivity index (χ4n) is 14.8. The van der Waals surface area contributed by atoms with Gasteiger partial charge in [-0.3, -0.25) is 48.8 Å². The molecule has 5 aliphatic heterocycles. The van der Waals surface area contributed by atoms with Gasteiger partial charge in [0.2, 0.25) is 5.88 Å². The topological polar surface area (TPSA) is 426 Å². The standard InChI is InChI=1S/C25H25N3O3.C22H18F4N2O3.C21H20N4O4.C16H16F3NO3S3.C13H19NO8S3/c1-4-23(29)24(21-11-7-8-12-22(21)28(30)31)19-15-16-27(26(2)3)25-18-10-6-5-9-17(18)13-14-20(19)25;1-2-17(29)31-21-19(23)16(10-11-28(21)15-4-3-5-15)18(20(30)22(24,25)26)14-8-6-13(12-27)7-9-14;1-23(2)13-24-17-11-7-6-10-15(17)16(12-18(24)25(28)29)19(21(22)27)20(26)14-8-4-3-5-9-14;1-3-26(22,23)14(15(21)16(17,18)19)11-6-7-20(13(9-11)24-2)10-12-5-4-8-25-12;1-5-6-21-13(15)12(25(4,18)19)9-7-10(23-22-20-2)14-11(8-9)24(3,16)17/h5-12,15-16H,4,13-14H2,1-3H3;6-11,15H,2-5H2,1H3;3-12H,13H2,1-2H3,(H2,22,27);4-9H,3,10H2,1-2H3;7-8,14H,5-6H2,1-4H3/b24-19-;18-16+;19-16-;14-11-;12-9-. The van der Waals surface area contributed by atoms with Crippen LogP contribution in [0, 0.1) is 31.6 Å². The van der Waals surface area contributed by atoms with Crippen molar-refractivity contribution < 1.29 is 118 Å². The van der Waals surface area contributed by atoms with Crippen molar-refractivity contribution in [1.82, 2.24) is 30.0 Å². The van der Waals surface area contributed by atoms with Gasteiger partial charge in [-0.05, 0) is 158 Å². The Balaban J connectivity index is 0.000000199. The zero-order valence-corrected chi connectivity index (χ0v) is 83.4. The molecule has 1 fully saturated rings. The van der Waals surface area contributed by atoms with Gasteiger partial charge in [0, 0.05) is 131 Å². The number of halogens is 7. The van der Waals surface area contributed by atoms with Crippen molar-refractivity contribution >= 4 is 139 Å². The Bertz CT molecular complexity index is 6800. The van der Waals surface area contributed by atoms with E-state index in [1.165, 1.54) is 114 Å². The van der Waals surface area contributed by atoms with Crippen LogP contribution < -0.4 is 16.0 Å². The number of Topliss-reactive ketones (excluding diaryl/α,β-unsaturated/α-hetero) is 4. The molecule has 6 aromatic rings. The predicted molar refractivity (Wildman–Crippen MR) is 524 cm³/mol. The fraction of sp³-hybridized carbons (Fsp3) is 0.278. The highest BCUT2D eigenvalue weighted by molar-refractivity contribution is 8.02. The number of ketones is 4. The van der Waals surface area contributed by atoms with Crippen molar-refractivity contribution in [3.05, 3.63) is 346 Å². The number of aryl methyl sites for hydroxylation is 1. The van der Waals surface area contributed by atoms with Crippen LogP contribution in [0.15, 0.2) is 282 Å². The predicted octanol–water partition coefficient (Wildman–Crippen LogP) is 17.1. The van der Waals surface area contributed by atoms with Gasteiger partial charge in [-0.1, -0.05) is 131 Å². The Morgan fingerprint density at radius 3 is 1.87 bits per heavy atom. The van der Waals surface area contributed by atoms with Gasteiger partial charge in [-0.2, -0.15) is 35.9 Å². The summed E-state index contributed by atoms with van der Waals surface area (Å²) in [4.78, 5) is 119. The molecule has 1 amide bonds. The summed E-state index contributed by atoms with van der Waals surface area (Å²) in [6.45, 7) is 7.02. The SMILES string of the molecule is CCC(=O)/C(=C1/C=CN(N(C)C)C2=C1CCc1ccccc12)c1ccccc1[N+](=O)[O-].CCC(=O)OC1=C(F)/C(=C(/C(=O)C(F)(F)F)c2ccc(C#N)cc2)C=CN1C1CCC1.CCCOC(=O)/C(=C1\C=C(SOOC)NC(S(C)(=O)=O)=C1)S(C)(=O)=O.CCS(=O)(=O)/C(C(=O)C(F)(F)F)=C1/C=CN(Cc2cccs2)C(SC)=C1.CN(C)CN1C([N+](=O)[O-])=C/C(=C(/C(N)=O)C(=O)c2ccccc2)c2ccccc21. The minimum absolute atomic E-state index is 0.0319. The van der Waals surface area contributed by atoms with E-state index in [2.05, 4.69) is 31.7 Å². The number of nitrogens with two attached hydrogens (primary N) is 1. The van der Waals surface area contributed by atoms with Crippen LogP contribution in [-0.4, -0.2) is 192 Å². The average molecular weight is 2080 g/mol. The summed E-state index contributed by atoms with van der Waals surface area (Å²) in [6, 6.07) is 40.1. The summed E-state index contributed by atoms with van der Waals surface area (Å²) in [5, 5.41) is 41.3. The molecule has 2 aliphatic carbocycles. The number of nitro groups is 2. The van der Waals surface area contributed by atoms with Crippen LogP contribution in [-0.2, 0) is 89.9 Å². The molecule has 45 heteroatoms. The molecule has 752 valence electrons. The van der Waals surface area contributed by atoms with Gasteiger partial charge in [0.25, 0.3) is 23.2 Å². The van der Waals surface area contributed by atoms with Gasteiger partial charge in [0.15, 0.2) is 51.8 Å². The summed E-state index contributed by atoms with van der Waals surface area (Å²) in [5.41, 5.74) is 10.7. The molecule has 0 unspecified atom stereocenters. The van der Waals surface area contributed by atoms with E-state index in [0.29, 0.717) is 65.3 Å². The zero-order valence-electron chi connectivity index (χ0n) is 78.5. The largest absolute Gasteiger partial charge is 0.462 e. The number of carbonyl (C=O) groups is 7. The highest BCUT2D eigenvalue weighted by atomic mass is 32.2. The summed E-state index contributed by atoms with van der Waals surface area (Å²) in [7, 11) is -3.30. The lowest BCUT2D eigenvalue weighted by atomic mass is 9.80. The number of carbonyl (C=O) groups excluding carboxylic acids is 7. The highest BCUT2D eigenvalue weighted by Gasteiger charge is 2.48. The molecule has 32 nitrogen and oxygen atoms in total. The number of rotatable bonds is 30. The second kappa shape index (κ2) is 49.2. The first-order chi connectivity index (χ1) is 67.0. The van der Waals surface area contributed by atoms with Crippen LogP contribution in [0.2, 0.25) is 0 Å². The zero-order chi connectivity index (χ0) is 105. The van der Waals surface area contributed by atoms with E-state index < -0.39 is 125 Å². The number of sulfone groups is 3.